The number of unbranched alkanes of at least 4 members (excludes halogenated alkanes) is 6. The standard InChI is InChI=1S/C18H28N2OS/c1-3-4-5-6-7-8-9-13-19-18(22)20-17-12-10-11-16(14-17)15(2)21/h10-12,14H,3-9,13H2,1-2H3,(H2,19,20,22). The minimum absolute atomic E-state index is 0.0607. The zero-order valence-corrected chi connectivity index (χ0v) is 14.6. The second-order valence-corrected chi connectivity index (χ2v) is 6.05. The molecule has 1 aromatic rings. The lowest BCUT2D eigenvalue weighted by molar-refractivity contribution is 0.101. The predicted octanol–water partition coefficient (Wildman–Crippen LogP) is 4.93. The van der Waals surface area contributed by atoms with Crippen LogP contribution in [0.15, 0.2) is 24.3 Å². The van der Waals surface area contributed by atoms with Gasteiger partial charge in [-0.1, -0.05) is 57.6 Å². The van der Waals surface area contributed by atoms with Crippen molar-refractivity contribution in [2.24, 2.45) is 0 Å². The molecular weight excluding hydrogens is 292 g/mol. The Kier molecular flexibility index (Phi) is 9.47. The second-order valence-electron chi connectivity index (χ2n) is 5.64. The first kappa shape index (κ1) is 18.6. The van der Waals surface area contributed by atoms with Gasteiger partial charge in [0.25, 0.3) is 0 Å². The average Bonchev–Trinajstić information content (AvgIpc) is 2.50. The lowest BCUT2D eigenvalue weighted by Crippen LogP contribution is -2.29. The van der Waals surface area contributed by atoms with E-state index in [1.807, 2.05) is 24.3 Å². The van der Waals surface area contributed by atoms with Crippen LogP contribution in [0.3, 0.4) is 0 Å². The summed E-state index contributed by atoms with van der Waals surface area (Å²) in [6.07, 6.45) is 9.05. The smallest absolute Gasteiger partial charge is 0.170 e. The van der Waals surface area contributed by atoms with Gasteiger partial charge in [-0.05, 0) is 37.7 Å². The van der Waals surface area contributed by atoms with Crippen molar-refractivity contribution in [3.8, 4) is 0 Å². The van der Waals surface area contributed by atoms with Gasteiger partial charge in [0.2, 0.25) is 0 Å². The van der Waals surface area contributed by atoms with E-state index in [1.165, 1.54) is 38.5 Å². The fourth-order valence-corrected chi connectivity index (χ4v) is 2.50. The maximum Gasteiger partial charge on any atom is 0.170 e. The Labute approximate surface area is 139 Å². The summed E-state index contributed by atoms with van der Waals surface area (Å²) in [5.74, 6) is 0.0607. The highest BCUT2D eigenvalue weighted by Gasteiger charge is 2.02. The van der Waals surface area contributed by atoms with Crippen LogP contribution < -0.4 is 10.6 Å². The van der Waals surface area contributed by atoms with Gasteiger partial charge in [0.15, 0.2) is 10.9 Å². The topological polar surface area (TPSA) is 41.1 Å². The van der Waals surface area contributed by atoms with Gasteiger partial charge in [-0.3, -0.25) is 4.79 Å². The van der Waals surface area contributed by atoms with Crippen LogP contribution in [0.1, 0.15) is 69.2 Å². The molecular formula is C18H28N2OS. The number of benzene rings is 1. The SMILES string of the molecule is CCCCCCCCCNC(=S)Nc1cccc(C(C)=O)c1. The minimum Gasteiger partial charge on any atom is -0.362 e. The number of Topliss-reactive ketones (excluding diaryl/α,β-unsaturated/α-hetero) is 1. The fourth-order valence-electron chi connectivity index (χ4n) is 2.28. The highest BCUT2D eigenvalue weighted by atomic mass is 32.1. The number of thiocarbonyl (C=S) groups is 1. The van der Waals surface area contributed by atoms with Gasteiger partial charge in [-0.15, -0.1) is 0 Å². The molecule has 0 aliphatic carbocycles. The zero-order valence-electron chi connectivity index (χ0n) is 13.8. The normalized spacial score (nSPS) is 10.3. The summed E-state index contributed by atoms with van der Waals surface area (Å²) >= 11 is 5.27. The van der Waals surface area contributed by atoms with E-state index < -0.39 is 0 Å². The molecule has 0 aliphatic heterocycles. The first-order valence-electron chi connectivity index (χ1n) is 8.29. The summed E-state index contributed by atoms with van der Waals surface area (Å²) in [7, 11) is 0. The van der Waals surface area contributed by atoms with Crippen LogP contribution in [0.5, 0.6) is 0 Å². The number of carbonyl (C=O) groups excluding carboxylic acids is 1. The third-order valence-electron chi connectivity index (χ3n) is 3.59. The molecule has 0 aliphatic rings. The fraction of sp³-hybridized carbons (Fsp3) is 0.556. The quantitative estimate of drug-likeness (QED) is 0.364. The van der Waals surface area contributed by atoms with Gasteiger partial charge in [-0.2, -0.15) is 0 Å². The summed E-state index contributed by atoms with van der Waals surface area (Å²) in [6.45, 7) is 4.70. The molecule has 0 bridgehead atoms. The predicted molar refractivity (Wildman–Crippen MR) is 98.7 cm³/mol. The van der Waals surface area contributed by atoms with Crippen molar-refractivity contribution in [1.29, 1.82) is 0 Å². The number of rotatable bonds is 10. The first-order chi connectivity index (χ1) is 10.6. The number of nitrogens with one attached hydrogen (secondary N) is 2. The lowest BCUT2D eigenvalue weighted by Gasteiger charge is -2.11. The van der Waals surface area contributed by atoms with E-state index in [1.54, 1.807) is 6.92 Å². The average molecular weight is 321 g/mol. The molecule has 3 nitrogen and oxygen atoms in total. The van der Waals surface area contributed by atoms with E-state index in [2.05, 4.69) is 17.6 Å². The molecule has 0 saturated carbocycles. The molecule has 0 saturated heterocycles. The van der Waals surface area contributed by atoms with Gasteiger partial charge in [0.05, 0.1) is 0 Å². The molecule has 0 atom stereocenters. The molecule has 22 heavy (non-hydrogen) atoms. The van der Waals surface area contributed by atoms with Crippen molar-refractivity contribution in [2.75, 3.05) is 11.9 Å². The highest BCUT2D eigenvalue weighted by Crippen LogP contribution is 2.11. The van der Waals surface area contributed by atoms with Crippen LogP contribution in [0.2, 0.25) is 0 Å². The molecule has 2 N–H and O–H groups in total. The van der Waals surface area contributed by atoms with Crippen LogP contribution in [0.4, 0.5) is 5.69 Å². The Balaban J connectivity index is 2.16. The van der Waals surface area contributed by atoms with Crippen molar-refractivity contribution in [2.45, 2.75) is 58.8 Å². The van der Waals surface area contributed by atoms with Crippen molar-refractivity contribution in [3.05, 3.63) is 29.8 Å². The van der Waals surface area contributed by atoms with Crippen LogP contribution in [0, 0.1) is 0 Å². The van der Waals surface area contributed by atoms with Gasteiger partial charge < -0.3 is 10.6 Å². The third-order valence-corrected chi connectivity index (χ3v) is 3.84. The number of hydrogen-bond acceptors (Lipinski definition) is 2. The number of hydrogen-bond donors (Lipinski definition) is 2. The van der Waals surface area contributed by atoms with Gasteiger partial charge >= 0.3 is 0 Å². The Morgan fingerprint density at radius 1 is 1.09 bits per heavy atom. The molecule has 4 heteroatoms. The van der Waals surface area contributed by atoms with Crippen LogP contribution in [0.25, 0.3) is 0 Å². The van der Waals surface area contributed by atoms with Gasteiger partial charge in [-0.25, -0.2) is 0 Å². The Hall–Kier alpha value is -1.42. The molecule has 0 amide bonds. The molecule has 0 heterocycles. The van der Waals surface area contributed by atoms with Gasteiger partial charge in [0, 0.05) is 17.8 Å². The maximum absolute atomic E-state index is 11.3. The Morgan fingerprint density at radius 2 is 1.77 bits per heavy atom. The summed E-state index contributed by atoms with van der Waals surface area (Å²) in [5, 5.41) is 6.96. The van der Waals surface area contributed by atoms with E-state index in [-0.39, 0.29) is 5.78 Å². The van der Waals surface area contributed by atoms with E-state index in [4.69, 9.17) is 12.2 Å². The minimum atomic E-state index is 0.0607. The highest BCUT2D eigenvalue weighted by molar-refractivity contribution is 7.80. The summed E-state index contributed by atoms with van der Waals surface area (Å²) in [5.41, 5.74) is 1.55. The second kappa shape index (κ2) is 11.2. The maximum atomic E-state index is 11.3. The number of carbonyl (C=O) groups is 1. The summed E-state index contributed by atoms with van der Waals surface area (Å²) in [4.78, 5) is 11.3. The molecule has 0 unspecified atom stereocenters. The van der Waals surface area contributed by atoms with Crippen molar-refractivity contribution in [3.63, 3.8) is 0 Å². The molecule has 0 fully saturated rings. The summed E-state index contributed by atoms with van der Waals surface area (Å²) in [6, 6.07) is 7.40. The lowest BCUT2D eigenvalue weighted by atomic mass is 10.1. The van der Waals surface area contributed by atoms with Crippen molar-refractivity contribution < 1.29 is 4.79 Å². The van der Waals surface area contributed by atoms with Gasteiger partial charge in [0.1, 0.15) is 0 Å². The van der Waals surface area contributed by atoms with Crippen molar-refractivity contribution in [1.82, 2.24) is 5.32 Å². The number of ketones is 1. The van der Waals surface area contributed by atoms with E-state index in [0.717, 1.165) is 18.7 Å². The van der Waals surface area contributed by atoms with Crippen molar-refractivity contribution >= 4 is 28.8 Å². The molecule has 1 aromatic carbocycles. The molecule has 0 aromatic heterocycles. The van der Waals surface area contributed by atoms with E-state index in [0.29, 0.717) is 10.7 Å². The molecule has 0 spiro atoms. The third kappa shape index (κ3) is 8.13. The number of anilines is 1. The van der Waals surface area contributed by atoms with E-state index in [9.17, 15) is 4.79 Å². The largest absolute Gasteiger partial charge is 0.362 e. The molecule has 0 radical (unpaired) electrons. The molecule has 1 rings (SSSR count). The zero-order chi connectivity index (χ0) is 16.2. The monoisotopic (exact) mass is 320 g/mol. The van der Waals surface area contributed by atoms with Crippen LogP contribution in [-0.2, 0) is 0 Å². The van der Waals surface area contributed by atoms with E-state index >= 15 is 0 Å². The summed E-state index contributed by atoms with van der Waals surface area (Å²) < 4.78 is 0. The first-order valence-corrected chi connectivity index (χ1v) is 8.70. The van der Waals surface area contributed by atoms with Crippen LogP contribution in [-0.4, -0.2) is 17.4 Å². The molecule has 122 valence electrons. The Bertz CT molecular complexity index is 474. The van der Waals surface area contributed by atoms with Crippen LogP contribution >= 0.6 is 12.2 Å². The Morgan fingerprint density at radius 3 is 2.45 bits per heavy atom.